The molecule has 0 amide bonds. The average molecular weight is 947 g/mol. The Bertz CT molecular complexity index is 1650. The number of ether oxygens (including phenoxy) is 3. The lowest BCUT2D eigenvalue weighted by Gasteiger charge is -2.18. The van der Waals surface area contributed by atoms with Gasteiger partial charge >= 0.3 is 17.9 Å². The molecule has 0 spiro atoms. The van der Waals surface area contributed by atoms with Gasteiger partial charge in [0.15, 0.2) is 6.10 Å². The molecule has 382 valence electrons. The second-order valence-electron chi connectivity index (χ2n) is 16.9. The highest BCUT2D eigenvalue weighted by Gasteiger charge is 2.19. The van der Waals surface area contributed by atoms with E-state index in [2.05, 4.69) is 106 Å². The minimum Gasteiger partial charge on any atom is -0.462 e. The van der Waals surface area contributed by atoms with Gasteiger partial charge in [0.1, 0.15) is 13.2 Å². The molecule has 69 heavy (non-hydrogen) atoms. The van der Waals surface area contributed by atoms with Crippen molar-refractivity contribution in [3.8, 4) is 0 Å². The van der Waals surface area contributed by atoms with Crippen molar-refractivity contribution in [1.29, 1.82) is 0 Å². The van der Waals surface area contributed by atoms with Crippen LogP contribution in [0.2, 0.25) is 0 Å². The number of carbonyl (C=O) groups excluding carboxylic acids is 3. The van der Waals surface area contributed by atoms with Gasteiger partial charge in [-0.2, -0.15) is 0 Å². The monoisotopic (exact) mass is 947 g/mol. The van der Waals surface area contributed by atoms with Gasteiger partial charge in [0.25, 0.3) is 0 Å². The highest BCUT2D eigenvalue weighted by Crippen LogP contribution is 2.11. The van der Waals surface area contributed by atoms with Crippen molar-refractivity contribution >= 4 is 17.9 Å². The van der Waals surface area contributed by atoms with E-state index in [1.165, 1.54) is 44.9 Å². The van der Waals surface area contributed by atoms with Crippen molar-refractivity contribution in [1.82, 2.24) is 0 Å². The van der Waals surface area contributed by atoms with E-state index in [1.54, 1.807) is 0 Å². The van der Waals surface area contributed by atoms with E-state index in [0.717, 1.165) is 89.9 Å². The Balaban J connectivity index is 4.68. The molecular weight excluding hydrogens is 853 g/mol. The zero-order valence-corrected chi connectivity index (χ0v) is 43.5. The summed E-state index contributed by atoms with van der Waals surface area (Å²) in [6.45, 7) is 6.22. The molecule has 0 aliphatic carbocycles. The highest BCUT2D eigenvalue weighted by atomic mass is 16.6. The summed E-state index contributed by atoms with van der Waals surface area (Å²) in [5, 5.41) is 0. The van der Waals surface area contributed by atoms with Crippen LogP contribution in [-0.4, -0.2) is 37.2 Å². The fraction of sp³-hybridized carbons (Fsp3) is 0.508. The van der Waals surface area contributed by atoms with Crippen LogP contribution in [-0.2, 0) is 28.6 Å². The molecule has 0 bridgehead atoms. The first-order valence-electron chi connectivity index (χ1n) is 26.8. The molecule has 0 aromatic rings. The number of hydrogen-bond donors (Lipinski definition) is 0. The van der Waals surface area contributed by atoms with Gasteiger partial charge in [-0.15, -0.1) is 0 Å². The summed E-state index contributed by atoms with van der Waals surface area (Å²) in [5.41, 5.74) is 0. The van der Waals surface area contributed by atoms with E-state index in [-0.39, 0.29) is 38.0 Å². The first kappa shape index (κ1) is 63.8. The van der Waals surface area contributed by atoms with Crippen LogP contribution in [0, 0.1) is 0 Å². The van der Waals surface area contributed by atoms with Gasteiger partial charge in [-0.25, -0.2) is 0 Å². The van der Waals surface area contributed by atoms with Gasteiger partial charge in [0, 0.05) is 19.3 Å². The van der Waals surface area contributed by atoms with Gasteiger partial charge in [-0.3, -0.25) is 14.4 Å². The first-order chi connectivity index (χ1) is 34.0. The maximum Gasteiger partial charge on any atom is 0.306 e. The summed E-state index contributed by atoms with van der Waals surface area (Å²) in [7, 11) is 0. The van der Waals surface area contributed by atoms with Crippen LogP contribution in [0.25, 0.3) is 0 Å². The Morgan fingerprint density at radius 1 is 0.319 bits per heavy atom. The second kappa shape index (κ2) is 55.4. The van der Waals surface area contributed by atoms with E-state index in [9.17, 15) is 14.4 Å². The standard InChI is InChI=1S/C63H94O6/c1-4-7-10-13-16-19-22-25-28-31-32-33-36-38-41-44-47-50-53-56-62(65)68-59-60(69-63(66)57-54-51-48-45-42-39-35-30-27-24-21-18-15-12-9-6-3)58-67-61(64)55-52-49-46-43-40-37-34-29-26-23-20-17-14-11-8-5-2/h7,9-10,12-13,16,18-19,21-22,25,27-34,36-42,48,51,60H,4-6,8,11,14-15,17,20,23-24,26,35,43-47,49-50,52-59H2,1-3H3/b10-7-,12-9-,16-13-,21-18-,22-19-,28-25-,30-27-,32-31+,34-29-,36-33-,40-37-,41-38-,42-39-,51-48-. The predicted molar refractivity (Wildman–Crippen MR) is 297 cm³/mol. The van der Waals surface area contributed by atoms with Crippen LogP contribution in [0.4, 0.5) is 0 Å². The van der Waals surface area contributed by atoms with Crippen LogP contribution in [0.3, 0.4) is 0 Å². The van der Waals surface area contributed by atoms with E-state index >= 15 is 0 Å². The van der Waals surface area contributed by atoms with Gasteiger partial charge in [0.05, 0.1) is 0 Å². The van der Waals surface area contributed by atoms with E-state index in [1.807, 2.05) is 85.1 Å². The maximum absolute atomic E-state index is 12.8. The molecule has 0 aliphatic heterocycles. The Morgan fingerprint density at radius 2 is 0.667 bits per heavy atom. The predicted octanol–water partition coefficient (Wildman–Crippen LogP) is 18.0. The quantitative estimate of drug-likeness (QED) is 0.0199. The number of carbonyl (C=O) groups is 3. The molecule has 6 heteroatoms. The molecule has 0 aliphatic rings. The molecule has 0 saturated carbocycles. The van der Waals surface area contributed by atoms with Crippen LogP contribution < -0.4 is 0 Å². The van der Waals surface area contributed by atoms with Crippen molar-refractivity contribution in [3.63, 3.8) is 0 Å². The summed E-state index contributed by atoms with van der Waals surface area (Å²) in [5.74, 6) is -1.11. The summed E-state index contributed by atoms with van der Waals surface area (Å²) < 4.78 is 16.7. The summed E-state index contributed by atoms with van der Waals surface area (Å²) in [6, 6.07) is 0. The Labute approximate surface area is 422 Å². The molecule has 1 atom stereocenters. The fourth-order valence-corrected chi connectivity index (χ4v) is 6.46. The minimum absolute atomic E-state index is 0.146. The minimum atomic E-state index is -0.857. The molecular formula is C63H94O6. The third-order valence-corrected chi connectivity index (χ3v) is 10.4. The topological polar surface area (TPSA) is 78.9 Å². The number of hydrogen-bond acceptors (Lipinski definition) is 6. The smallest absolute Gasteiger partial charge is 0.306 e. The molecule has 1 unspecified atom stereocenters. The normalized spacial score (nSPS) is 13.5. The Hall–Kier alpha value is -5.23. The van der Waals surface area contributed by atoms with E-state index in [4.69, 9.17) is 14.2 Å². The third kappa shape index (κ3) is 53.6. The molecule has 0 heterocycles. The molecule has 0 rings (SSSR count). The van der Waals surface area contributed by atoms with Gasteiger partial charge < -0.3 is 14.2 Å². The number of unbranched alkanes of at least 4 members (excludes halogenated alkanes) is 13. The van der Waals surface area contributed by atoms with Crippen molar-refractivity contribution < 1.29 is 28.6 Å². The number of allylic oxidation sites excluding steroid dienone is 28. The van der Waals surface area contributed by atoms with E-state index < -0.39 is 12.1 Å². The average Bonchev–Trinajstić information content (AvgIpc) is 3.35. The van der Waals surface area contributed by atoms with Crippen molar-refractivity contribution in [3.05, 3.63) is 170 Å². The molecule has 0 aromatic carbocycles. The van der Waals surface area contributed by atoms with Crippen molar-refractivity contribution in [2.75, 3.05) is 13.2 Å². The zero-order valence-electron chi connectivity index (χ0n) is 43.5. The fourth-order valence-electron chi connectivity index (χ4n) is 6.46. The molecule has 0 fully saturated rings. The van der Waals surface area contributed by atoms with Crippen molar-refractivity contribution in [2.45, 2.75) is 194 Å². The molecule has 0 N–H and O–H groups in total. The second-order valence-corrected chi connectivity index (χ2v) is 16.9. The molecule has 0 saturated heterocycles. The lowest BCUT2D eigenvalue weighted by molar-refractivity contribution is -0.166. The Kier molecular flexibility index (Phi) is 51.2. The summed E-state index contributed by atoms with van der Waals surface area (Å²) >= 11 is 0. The van der Waals surface area contributed by atoms with Gasteiger partial charge in [-0.1, -0.05) is 242 Å². The number of esters is 3. The van der Waals surface area contributed by atoms with Crippen LogP contribution in [0.5, 0.6) is 0 Å². The lowest BCUT2D eigenvalue weighted by Crippen LogP contribution is -2.30. The van der Waals surface area contributed by atoms with Crippen molar-refractivity contribution in [2.24, 2.45) is 0 Å². The molecule has 0 aromatic heterocycles. The Morgan fingerprint density at radius 3 is 1.10 bits per heavy atom. The third-order valence-electron chi connectivity index (χ3n) is 10.4. The molecule has 0 radical (unpaired) electrons. The number of rotatable bonds is 45. The highest BCUT2D eigenvalue weighted by molar-refractivity contribution is 5.71. The van der Waals surface area contributed by atoms with E-state index in [0.29, 0.717) is 19.3 Å². The van der Waals surface area contributed by atoms with Crippen LogP contribution >= 0.6 is 0 Å². The maximum atomic E-state index is 12.8. The largest absolute Gasteiger partial charge is 0.462 e. The lowest BCUT2D eigenvalue weighted by atomic mass is 10.1. The van der Waals surface area contributed by atoms with Crippen LogP contribution in [0.15, 0.2) is 170 Å². The summed E-state index contributed by atoms with van der Waals surface area (Å²) in [6.07, 6.45) is 82.0. The zero-order chi connectivity index (χ0) is 50.0. The molecule has 6 nitrogen and oxygen atoms in total. The SMILES string of the molecule is CC\C=C/C=C\C=C/C=C\C=C\C=C/C=C\CCCCCC(=O)OCC(COC(=O)CCCCC/C=C\C=C/CCCCCCCCC)OC(=O)CC/C=C\C/C=C\C/C=C\C/C=C\C/C=C\CC. The van der Waals surface area contributed by atoms with Gasteiger partial charge in [-0.05, 0) is 96.3 Å². The van der Waals surface area contributed by atoms with Crippen LogP contribution in [0.1, 0.15) is 188 Å². The summed E-state index contributed by atoms with van der Waals surface area (Å²) in [4.78, 5) is 38.0. The first-order valence-corrected chi connectivity index (χ1v) is 26.8. The van der Waals surface area contributed by atoms with Gasteiger partial charge in [0.2, 0.25) is 0 Å².